The molecule has 1 amide bonds. The van der Waals surface area contributed by atoms with E-state index in [1.165, 1.54) is 16.3 Å². The zero-order chi connectivity index (χ0) is 17.5. The van der Waals surface area contributed by atoms with Crippen molar-refractivity contribution in [2.24, 2.45) is 5.92 Å². The highest BCUT2D eigenvalue weighted by molar-refractivity contribution is 5.83. The molecule has 0 bridgehead atoms. The monoisotopic (exact) mass is 340 g/mol. The summed E-state index contributed by atoms with van der Waals surface area (Å²) in [5.41, 5.74) is 1.22. The number of nitrogens with one attached hydrogen (secondary N) is 1. The Bertz CT molecular complexity index is 701. The van der Waals surface area contributed by atoms with Gasteiger partial charge in [-0.1, -0.05) is 42.5 Å². The molecule has 0 spiro atoms. The van der Waals surface area contributed by atoms with Crippen LogP contribution < -0.4 is 5.32 Å². The van der Waals surface area contributed by atoms with Gasteiger partial charge in [-0.2, -0.15) is 0 Å². The van der Waals surface area contributed by atoms with Gasteiger partial charge in [-0.05, 0) is 41.6 Å². The van der Waals surface area contributed by atoms with E-state index in [9.17, 15) is 4.79 Å². The third kappa shape index (κ3) is 5.28. The van der Waals surface area contributed by atoms with E-state index in [2.05, 4.69) is 52.7 Å². The van der Waals surface area contributed by atoms with E-state index < -0.39 is 0 Å². The molecule has 2 aromatic rings. The van der Waals surface area contributed by atoms with E-state index in [4.69, 9.17) is 4.74 Å². The standard InChI is InChI=1S/C21H28N2O2/c1-25-13-12-23-11-10-18(16-23)15-22-21(24)9-7-17-6-8-19-4-2-3-5-20(19)14-17/h2-6,8,14,18H,7,9-13,15-16H2,1H3,(H,22,24)/t18-/m0/s1. The largest absolute Gasteiger partial charge is 0.383 e. The second-order valence-electron chi connectivity index (χ2n) is 6.93. The van der Waals surface area contributed by atoms with Crippen LogP contribution in [0.2, 0.25) is 0 Å². The predicted molar refractivity (Wildman–Crippen MR) is 102 cm³/mol. The number of hydrogen-bond acceptors (Lipinski definition) is 3. The van der Waals surface area contributed by atoms with Gasteiger partial charge in [0.05, 0.1) is 6.61 Å². The van der Waals surface area contributed by atoms with Crippen LogP contribution in [0.25, 0.3) is 10.8 Å². The molecule has 1 N–H and O–H groups in total. The van der Waals surface area contributed by atoms with E-state index in [1.54, 1.807) is 7.11 Å². The van der Waals surface area contributed by atoms with E-state index in [-0.39, 0.29) is 5.91 Å². The van der Waals surface area contributed by atoms with Crippen LogP contribution in [0.4, 0.5) is 0 Å². The molecule has 0 aromatic heterocycles. The van der Waals surface area contributed by atoms with Crippen molar-refractivity contribution in [2.45, 2.75) is 19.3 Å². The summed E-state index contributed by atoms with van der Waals surface area (Å²) < 4.78 is 5.13. The van der Waals surface area contributed by atoms with Crippen molar-refractivity contribution >= 4 is 16.7 Å². The second kappa shape index (κ2) is 8.97. The molecule has 1 aliphatic rings. The molecule has 0 aliphatic carbocycles. The van der Waals surface area contributed by atoms with Crippen molar-refractivity contribution in [2.75, 3.05) is 39.9 Å². The number of carbonyl (C=O) groups excluding carboxylic acids is 1. The van der Waals surface area contributed by atoms with Gasteiger partial charge in [0.25, 0.3) is 0 Å². The second-order valence-corrected chi connectivity index (χ2v) is 6.93. The normalized spacial score (nSPS) is 17.9. The molecule has 1 aliphatic heterocycles. The molecule has 0 radical (unpaired) electrons. The fraction of sp³-hybridized carbons (Fsp3) is 0.476. The first kappa shape index (κ1) is 17.9. The van der Waals surface area contributed by atoms with Crippen LogP contribution in [0.15, 0.2) is 42.5 Å². The maximum absolute atomic E-state index is 12.1. The number of amides is 1. The molecule has 0 saturated carbocycles. The fourth-order valence-corrected chi connectivity index (χ4v) is 3.50. The highest BCUT2D eigenvalue weighted by Gasteiger charge is 2.22. The van der Waals surface area contributed by atoms with E-state index >= 15 is 0 Å². The zero-order valence-corrected chi connectivity index (χ0v) is 15.0. The van der Waals surface area contributed by atoms with Gasteiger partial charge in [-0.3, -0.25) is 4.79 Å². The molecule has 2 aromatic carbocycles. The van der Waals surface area contributed by atoms with Crippen molar-refractivity contribution in [3.05, 3.63) is 48.0 Å². The highest BCUT2D eigenvalue weighted by atomic mass is 16.5. The van der Waals surface area contributed by atoms with E-state index in [1.807, 2.05) is 0 Å². The maximum atomic E-state index is 12.1. The summed E-state index contributed by atoms with van der Waals surface area (Å²) in [6, 6.07) is 14.8. The minimum atomic E-state index is 0.156. The summed E-state index contributed by atoms with van der Waals surface area (Å²) in [5, 5.41) is 5.60. The summed E-state index contributed by atoms with van der Waals surface area (Å²) in [6.07, 6.45) is 2.51. The first-order chi connectivity index (χ1) is 12.2. The van der Waals surface area contributed by atoms with Gasteiger partial charge >= 0.3 is 0 Å². The average molecular weight is 340 g/mol. The Labute approximate surface area is 150 Å². The van der Waals surface area contributed by atoms with Gasteiger partial charge in [0.15, 0.2) is 0 Å². The Balaban J connectivity index is 1.39. The number of hydrogen-bond donors (Lipinski definition) is 1. The van der Waals surface area contributed by atoms with E-state index in [0.29, 0.717) is 12.3 Å². The Morgan fingerprint density at radius 1 is 1.24 bits per heavy atom. The van der Waals surface area contributed by atoms with Gasteiger partial charge in [0, 0.05) is 33.2 Å². The zero-order valence-electron chi connectivity index (χ0n) is 15.0. The molecular formula is C21H28N2O2. The number of carbonyl (C=O) groups is 1. The van der Waals surface area contributed by atoms with Crippen LogP contribution >= 0.6 is 0 Å². The molecule has 1 atom stereocenters. The molecule has 4 nitrogen and oxygen atoms in total. The van der Waals surface area contributed by atoms with Crippen LogP contribution in [-0.4, -0.2) is 50.7 Å². The summed E-state index contributed by atoms with van der Waals surface area (Å²) in [6.45, 7) is 4.74. The topological polar surface area (TPSA) is 41.6 Å². The van der Waals surface area contributed by atoms with Gasteiger partial charge in [0.1, 0.15) is 0 Å². The molecule has 1 saturated heterocycles. The van der Waals surface area contributed by atoms with Crippen LogP contribution in [-0.2, 0) is 16.0 Å². The SMILES string of the molecule is COCCN1CC[C@@H](CNC(=O)CCc2ccc3ccccc3c2)C1. The number of rotatable bonds is 8. The summed E-state index contributed by atoms with van der Waals surface area (Å²) in [7, 11) is 1.74. The molecule has 3 rings (SSSR count). The van der Waals surface area contributed by atoms with Crippen molar-refractivity contribution in [1.82, 2.24) is 10.2 Å². The predicted octanol–water partition coefficient (Wildman–Crippen LogP) is 2.86. The number of likely N-dealkylation sites (tertiary alicyclic amines) is 1. The Morgan fingerprint density at radius 3 is 2.92 bits per heavy atom. The number of methoxy groups -OCH3 is 1. The molecule has 0 unspecified atom stereocenters. The van der Waals surface area contributed by atoms with Crippen molar-refractivity contribution in [1.29, 1.82) is 0 Å². The maximum Gasteiger partial charge on any atom is 0.220 e. The number of aryl methyl sites for hydroxylation is 1. The number of ether oxygens (including phenoxy) is 1. The summed E-state index contributed by atoms with van der Waals surface area (Å²) in [4.78, 5) is 14.6. The first-order valence-electron chi connectivity index (χ1n) is 9.20. The lowest BCUT2D eigenvalue weighted by Gasteiger charge is -2.15. The van der Waals surface area contributed by atoms with Gasteiger partial charge in [0.2, 0.25) is 5.91 Å². The molecule has 1 heterocycles. The minimum absolute atomic E-state index is 0.156. The van der Waals surface area contributed by atoms with Gasteiger partial charge in [-0.15, -0.1) is 0 Å². The van der Waals surface area contributed by atoms with Crippen molar-refractivity contribution < 1.29 is 9.53 Å². The van der Waals surface area contributed by atoms with E-state index in [0.717, 1.165) is 45.6 Å². The number of fused-ring (bicyclic) bond motifs is 1. The lowest BCUT2D eigenvalue weighted by atomic mass is 10.0. The third-order valence-electron chi connectivity index (χ3n) is 5.02. The fourth-order valence-electron chi connectivity index (χ4n) is 3.50. The lowest BCUT2D eigenvalue weighted by Crippen LogP contribution is -2.31. The van der Waals surface area contributed by atoms with Crippen LogP contribution in [0, 0.1) is 5.92 Å². The molecule has 25 heavy (non-hydrogen) atoms. The molecule has 1 fully saturated rings. The highest BCUT2D eigenvalue weighted by Crippen LogP contribution is 2.17. The van der Waals surface area contributed by atoms with Crippen molar-refractivity contribution in [3.63, 3.8) is 0 Å². The number of nitrogens with zero attached hydrogens (tertiary/aromatic N) is 1. The van der Waals surface area contributed by atoms with Crippen molar-refractivity contribution in [3.8, 4) is 0 Å². The Morgan fingerprint density at radius 2 is 2.08 bits per heavy atom. The average Bonchev–Trinajstić information content (AvgIpc) is 3.10. The third-order valence-corrected chi connectivity index (χ3v) is 5.02. The molecule has 4 heteroatoms. The molecular weight excluding hydrogens is 312 g/mol. The van der Waals surface area contributed by atoms with Crippen LogP contribution in [0.1, 0.15) is 18.4 Å². The first-order valence-corrected chi connectivity index (χ1v) is 9.20. The number of benzene rings is 2. The summed E-state index contributed by atoms with van der Waals surface area (Å²) in [5.74, 6) is 0.727. The Hall–Kier alpha value is -1.91. The van der Waals surface area contributed by atoms with Gasteiger partial charge < -0.3 is 15.0 Å². The minimum Gasteiger partial charge on any atom is -0.383 e. The van der Waals surface area contributed by atoms with Crippen LogP contribution in [0.3, 0.4) is 0 Å². The quantitative estimate of drug-likeness (QED) is 0.803. The van der Waals surface area contributed by atoms with Gasteiger partial charge in [-0.25, -0.2) is 0 Å². The lowest BCUT2D eigenvalue weighted by molar-refractivity contribution is -0.121. The summed E-state index contributed by atoms with van der Waals surface area (Å²) >= 11 is 0. The smallest absolute Gasteiger partial charge is 0.220 e. The Kier molecular flexibility index (Phi) is 6.42. The van der Waals surface area contributed by atoms with Crippen LogP contribution in [0.5, 0.6) is 0 Å². The molecule has 134 valence electrons.